The molecule has 1 unspecified atom stereocenters. The Balaban J connectivity index is 1.45. The fourth-order valence-corrected chi connectivity index (χ4v) is 4.33. The zero-order valence-electron chi connectivity index (χ0n) is 15.9. The number of ketones is 1. The molecule has 1 aromatic carbocycles. The molecule has 0 radical (unpaired) electrons. The largest absolute Gasteiger partial charge is 0.507 e. The highest BCUT2D eigenvalue weighted by Crippen LogP contribution is 2.40. The maximum Gasteiger partial charge on any atom is 0.309 e. The molecule has 2 aliphatic carbocycles. The minimum absolute atomic E-state index is 0.00940. The number of aryl methyl sites for hydroxylation is 2. The fourth-order valence-electron chi connectivity index (χ4n) is 4.33. The molecule has 1 amide bonds. The lowest BCUT2D eigenvalue weighted by molar-refractivity contribution is -0.156. The number of fused-ring (bicyclic) bond motifs is 2. The highest BCUT2D eigenvalue weighted by molar-refractivity contribution is 5.88. The van der Waals surface area contributed by atoms with Crippen molar-refractivity contribution in [2.24, 2.45) is 17.8 Å². The van der Waals surface area contributed by atoms with Crippen LogP contribution in [-0.2, 0) is 25.7 Å². The van der Waals surface area contributed by atoms with Crippen molar-refractivity contribution < 1.29 is 24.2 Å². The number of phenolic OH excluding ortho intramolecular Hbond substituents is 1. The van der Waals surface area contributed by atoms with Gasteiger partial charge in [-0.1, -0.05) is 18.6 Å². The molecule has 2 bridgehead atoms. The van der Waals surface area contributed by atoms with Gasteiger partial charge in [0, 0.05) is 18.4 Å². The van der Waals surface area contributed by atoms with Crippen molar-refractivity contribution >= 4 is 17.7 Å². The van der Waals surface area contributed by atoms with Crippen LogP contribution in [0.3, 0.4) is 0 Å². The quantitative estimate of drug-likeness (QED) is 0.774. The van der Waals surface area contributed by atoms with Gasteiger partial charge >= 0.3 is 5.97 Å². The highest BCUT2D eigenvalue weighted by Gasteiger charge is 2.41. The predicted molar refractivity (Wildman–Crippen MR) is 98.9 cm³/mol. The van der Waals surface area contributed by atoms with Crippen molar-refractivity contribution in [3.63, 3.8) is 0 Å². The van der Waals surface area contributed by atoms with E-state index in [9.17, 15) is 19.5 Å². The first-order valence-electron chi connectivity index (χ1n) is 9.61. The molecule has 27 heavy (non-hydrogen) atoms. The Morgan fingerprint density at radius 2 is 1.74 bits per heavy atom. The first-order chi connectivity index (χ1) is 12.8. The van der Waals surface area contributed by atoms with E-state index in [-0.39, 0.29) is 42.0 Å². The highest BCUT2D eigenvalue weighted by atomic mass is 16.5. The summed E-state index contributed by atoms with van der Waals surface area (Å²) in [4.78, 5) is 36.4. The Bertz CT molecular complexity index is 718. The minimum atomic E-state index is -0.370. The van der Waals surface area contributed by atoms with E-state index in [0.29, 0.717) is 25.2 Å². The van der Waals surface area contributed by atoms with Crippen molar-refractivity contribution in [3.05, 3.63) is 28.8 Å². The third-order valence-corrected chi connectivity index (χ3v) is 5.77. The molecule has 0 aliphatic heterocycles. The summed E-state index contributed by atoms with van der Waals surface area (Å²) in [6.45, 7) is 3.61. The van der Waals surface area contributed by atoms with Gasteiger partial charge in [-0.05, 0) is 56.2 Å². The summed E-state index contributed by atoms with van der Waals surface area (Å²) < 4.78 is 5.20. The van der Waals surface area contributed by atoms with Gasteiger partial charge in [0.25, 0.3) is 5.91 Å². The fraction of sp³-hybridized carbons (Fsp3) is 0.571. The molecule has 6 nitrogen and oxygen atoms in total. The predicted octanol–water partition coefficient (Wildman–Crippen LogP) is 2.56. The molecule has 2 aliphatic rings. The van der Waals surface area contributed by atoms with Crippen molar-refractivity contribution in [3.8, 4) is 5.75 Å². The topological polar surface area (TPSA) is 92.7 Å². The summed E-state index contributed by atoms with van der Waals surface area (Å²) in [5, 5.41) is 12.5. The molecule has 3 rings (SSSR count). The summed E-state index contributed by atoms with van der Waals surface area (Å²) in [5.74, 6) is -0.454. The number of rotatable bonds is 5. The number of hydrogen-bond acceptors (Lipinski definition) is 5. The van der Waals surface area contributed by atoms with Gasteiger partial charge in [0.1, 0.15) is 11.5 Å². The average molecular weight is 373 g/mol. The number of esters is 1. The molecule has 0 spiro atoms. The van der Waals surface area contributed by atoms with E-state index >= 15 is 0 Å². The Morgan fingerprint density at radius 1 is 1.15 bits per heavy atom. The van der Waals surface area contributed by atoms with E-state index in [1.807, 2.05) is 12.1 Å². The smallest absolute Gasteiger partial charge is 0.309 e. The van der Waals surface area contributed by atoms with Crippen LogP contribution < -0.4 is 5.32 Å². The lowest BCUT2D eigenvalue weighted by Crippen LogP contribution is -2.40. The van der Waals surface area contributed by atoms with Crippen LogP contribution in [0.5, 0.6) is 5.75 Å². The molecule has 3 atom stereocenters. The number of ether oxygens (including phenoxy) is 1. The van der Waals surface area contributed by atoms with Crippen LogP contribution in [0.2, 0.25) is 0 Å². The van der Waals surface area contributed by atoms with Crippen LogP contribution in [-0.4, -0.2) is 29.4 Å². The second-order valence-corrected chi connectivity index (χ2v) is 7.86. The SMILES string of the molecule is Cc1cc(CNC(=O)COC(=O)C2C[C@H]3CCC[C@@H](C2)C3=O)cc(C)c1O. The van der Waals surface area contributed by atoms with Crippen LogP contribution in [0.4, 0.5) is 0 Å². The molecule has 1 aromatic rings. The molecule has 0 saturated heterocycles. The van der Waals surface area contributed by atoms with E-state index in [4.69, 9.17) is 4.74 Å². The first-order valence-corrected chi connectivity index (χ1v) is 9.61. The molecule has 0 heterocycles. The van der Waals surface area contributed by atoms with Crippen molar-refractivity contribution in [1.29, 1.82) is 0 Å². The van der Waals surface area contributed by atoms with Gasteiger partial charge in [-0.2, -0.15) is 0 Å². The van der Waals surface area contributed by atoms with E-state index in [1.54, 1.807) is 13.8 Å². The minimum Gasteiger partial charge on any atom is -0.507 e. The summed E-state index contributed by atoms with van der Waals surface area (Å²) >= 11 is 0. The number of carbonyl (C=O) groups is 3. The van der Waals surface area contributed by atoms with Gasteiger partial charge in [0.15, 0.2) is 6.61 Å². The Morgan fingerprint density at radius 3 is 2.33 bits per heavy atom. The number of phenols is 1. The molecule has 0 aromatic heterocycles. The third kappa shape index (κ3) is 4.49. The van der Waals surface area contributed by atoms with Gasteiger partial charge in [-0.25, -0.2) is 0 Å². The molecule has 6 heteroatoms. The normalized spacial score (nSPS) is 24.4. The third-order valence-electron chi connectivity index (χ3n) is 5.77. The number of nitrogens with one attached hydrogen (secondary N) is 1. The monoisotopic (exact) mass is 373 g/mol. The Labute approximate surface area is 159 Å². The Kier molecular flexibility index (Phi) is 5.82. The lowest BCUT2D eigenvalue weighted by atomic mass is 9.67. The molecule has 2 fully saturated rings. The number of aromatic hydroxyl groups is 1. The van der Waals surface area contributed by atoms with Gasteiger partial charge < -0.3 is 15.2 Å². The summed E-state index contributed by atoms with van der Waals surface area (Å²) in [5.41, 5.74) is 2.38. The number of benzene rings is 1. The van der Waals surface area contributed by atoms with Gasteiger partial charge in [0.2, 0.25) is 0 Å². The van der Waals surface area contributed by atoms with E-state index in [1.165, 1.54) is 0 Å². The summed E-state index contributed by atoms with van der Waals surface area (Å²) in [6.07, 6.45) is 3.90. The molecular formula is C21H27NO5. The summed E-state index contributed by atoms with van der Waals surface area (Å²) in [6, 6.07) is 3.62. The summed E-state index contributed by atoms with van der Waals surface area (Å²) in [7, 11) is 0. The zero-order chi connectivity index (χ0) is 19.6. The van der Waals surface area contributed by atoms with Gasteiger partial charge in [-0.3, -0.25) is 14.4 Å². The maximum atomic E-state index is 12.3. The van der Waals surface area contributed by atoms with E-state index < -0.39 is 0 Å². The van der Waals surface area contributed by atoms with Crippen molar-refractivity contribution in [2.45, 2.75) is 52.5 Å². The number of Topliss-reactive ketones (excluding diaryl/α,β-unsaturated/α-hetero) is 1. The lowest BCUT2D eigenvalue weighted by Gasteiger charge is -2.36. The maximum absolute atomic E-state index is 12.3. The molecule has 146 valence electrons. The Hall–Kier alpha value is -2.37. The van der Waals surface area contributed by atoms with Crippen molar-refractivity contribution in [2.75, 3.05) is 6.61 Å². The van der Waals surface area contributed by atoms with Crippen molar-refractivity contribution in [1.82, 2.24) is 5.32 Å². The second-order valence-electron chi connectivity index (χ2n) is 7.86. The van der Waals surface area contributed by atoms with E-state index in [2.05, 4.69) is 5.32 Å². The molecule has 2 N–H and O–H groups in total. The zero-order valence-corrected chi connectivity index (χ0v) is 15.9. The number of carbonyl (C=O) groups excluding carboxylic acids is 3. The van der Waals surface area contributed by atoms with Crippen LogP contribution in [0.1, 0.15) is 48.8 Å². The van der Waals surface area contributed by atoms with Crippen LogP contribution in [0.15, 0.2) is 12.1 Å². The molecule has 2 saturated carbocycles. The van der Waals surface area contributed by atoms with Crippen LogP contribution in [0, 0.1) is 31.6 Å². The van der Waals surface area contributed by atoms with Crippen LogP contribution >= 0.6 is 0 Å². The number of hydrogen-bond donors (Lipinski definition) is 2. The first kappa shape index (κ1) is 19.4. The van der Waals surface area contributed by atoms with Gasteiger partial charge in [-0.15, -0.1) is 0 Å². The second kappa shape index (κ2) is 8.11. The van der Waals surface area contributed by atoms with Gasteiger partial charge in [0.05, 0.1) is 5.92 Å². The van der Waals surface area contributed by atoms with E-state index in [0.717, 1.165) is 36.0 Å². The standard InChI is InChI=1S/C21H27NO5/c1-12-6-14(7-13(2)19(12)24)10-22-18(23)11-27-21(26)17-8-15-4-3-5-16(9-17)20(15)25/h6-7,15-17,24H,3-5,8-11H2,1-2H3,(H,22,23)/t15-,16+,17?. The average Bonchev–Trinajstić information content (AvgIpc) is 2.62. The van der Waals surface area contributed by atoms with Crippen LogP contribution in [0.25, 0.3) is 0 Å². The molecular weight excluding hydrogens is 346 g/mol. The number of amides is 1.